The van der Waals surface area contributed by atoms with Crippen LogP contribution in [0.5, 0.6) is 0 Å². The summed E-state index contributed by atoms with van der Waals surface area (Å²) in [5.74, 6) is -1.41. The molecule has 0 radical (unpaired) electrons. The lowest BCUT2D eigenvalue weighted by Crippen LogP contribution is -2.14. The van der Waals surface area contributed by atoms with Crippen LogP contribution in [-0.4, -0.2) is 11.0 Å². The van der Waals surface area contributed by atoms with E-state index in [1.165, 1.54) is 17.8 Å². The van der Waals surface area contributed by atoms with Gasteiger partial charge in [0.25, 0.3) is 0 Å². The second-order valence-electron chi connectivity index (χ2n) is 4.43. The lowest BCUT2D eigenvalue weighted by atomic mass is 10.1. The number of Topliss-reactive ketones (excluding diaryl/α,β-unsaturated/α-hetero) is 1. The summed E-state index contributed by atoms with van der Waals surface area (Å²) in [7, 11) is 0. The van der Waals surface area contributed by atoms with Gasteiger partial charge >= 0.3 is 0 Å². The van der Waals surface area contributed by atoms with Crippen LogP contribution < -0.4 is 0 Å². The normalized spacial score (nSPS) is 12.2. The molecule has 4 heteroatoms. The van der Waals surface area contributed by atoms with E-state index in [-0.39, 0.29) is 16.6 Å². The van der Waals surface area contributed by atoms with Gasteiger partial charge in [0.15, 0.2) is 17.4 Å². The van der Waals surface area contributed by atoms with E-state index in [0.29, 0.717) is 5.75 Å². The molecule has 1 atom stereocenters. The molecule has 20 heavy (non-hydrogen) atoms. The van der Waals surface area contributed by atoms with E-state index in [2.05, 4.69) is 0 Å². The average Bonchev–Trinajstić information content (AvgIpc) is 2.48. The summed E-state index contributed by atoms with van der Waals surface area (Å²) in [6, 6.07) is 13.1. The highest BCUT2D eigenvalue weighted by Gasteiger charge is 2.17. The van der Waals surface area contributed by atoms with E-state index in [9.17, 15) is 13.6 Å². The van der Waals surface area contributed by atoms with Gasteiger partial charge in [0.05, 0.1) is 5.25 Å². The molecule has 0 spiro atoms. The third-order valence-corrected chi connectivity index (χ3v) is 4.13. The quantitative estimate of drug-likeness (QED) is 0.756. The zero-order chi connectivity index (χ0) is 14.5. The van der Waals surface area contributed by atoms with E-state index in [0.717, 1.165) is 17.7 Å². The third-order valence-electron chi connectivity index (χ3n) is 2.92. The lowest BCUT2D eigenvalue weighted by molar-refractivity contribution is 0.0993. The summed E-state index contributed by atoms with van der Waals surface area (Å²) >= 11 is 1.48. The summed E-state index contributed by atoms with van der Waals surface area (Å²) < 4.78 is 26.0. The molecule has 1 nitrogen and oxygen atoms in total. The Morgan fingerprint density at radius 1 is 1.10 bits per heavy atom. The van der Waals surface area contributed by atoms with Crippen molar-refractivity contribution in [2.24, 2.45) is 0 Å². The Balaban J connectivity index is 1.99. The Morgan fingerprint density at radius 3 is 2.45 bits per heavy atom. The fraction of sp³-hybridized carbons (Fsp3) is 0.188. The van der Waals surface area contributed by atoms with Gasteiger partial charge in [-0.1, -0.05) is 30.3 Å². The molecule has 0 N–H and O–H groups in total. The Hall–Kier alpha value is -1.68. The van der Waals surface area contributed by atoms with Crippen LogP contribution in [0.15, 0.2) is 48.5 Å². The van der Waals surface area contributed by atoms with Gasteiger partial charge in [-0.15, -0.1) is 11.8 Å². The molecule has 0 saturated carbocycles. The second-order valence-corrected chi connectivity index (χ2v) is 5.76. The smallest absolute Gasteiger partial charge is 0.175 e. The van der Waals surface area contributed by atoms with Crippen molar-refractivity contribution in [1.82, 2.24) is 0 Å². The molecule has 0 aromatic heterocycles. The lowest BCUT2D eigenvalue weighted by Gasteiger charge is -2.10. The number of carbonyl (C=O) groups excluding carboxylic acids is 1. The van der Waals surface area contributed by atoms with Gasteiger partial charge in [-0.25, -0.2) is 8.78 Å². The third kappa shape index (κ3) is 3.67. The van der Waals surface area contributed by atoms with Gasteiger partial charge in [0.1, 0.15) is 0 Å². The van der Waals surface area contributed by atoms with Crippen molar-refractivity contribution in [3.63, 3.8) is 0 Å². The second kappa shape index (κ2) is 6.66. The Bertz CT molecular complexity index is 599. The van der Waals surface area contributed by atoms with E-state index in [4.69, 9.17) is 0 Å². The molecule has 0 fully saturated rings. The van der Waals surface area contributed by atoms with Gasteiger partial charge < -0.3 is 0 Å². The van der Waals surface area contributed by atoms with Gasteiger partial charge in [-0.2, -0.15) is 0 Å². The van der Waals surface area contributed by atoms with Crippen molar-refractivity contribution in [3.8, 4) is 0 Å². The number of halogens is 2. The minimum atomic E-state index is -0.990. The Morgan fingerprint density at radius 2 is 1.80 bits per heavy atom. The van der Waals surface area contributed by atoms with Crippen molar-refractivity contribution in [2.75, 3.05) is 0 Å². The zero-order valence-corrected chi connectivity index (χ0v) is 11.8. The highest BCUT2D eigenvalue weighted by atomic mass is 32.2. The average molecular weight is 292 g/mol. The van der Waals surface area contributed by atoms with E-state index < -0.39 is 11.6 Å². The highest BCUT2D eigenvalue weighted by Crippen LogP contribution is 2.21. The highest BCUT2D eigenvalue weighted by molar-refractivity contribution is 7.99. The van der Waals surface area contributed by atoms with Crippen LogP contribution in [0.25, 0.3) is 0 Å². The van der Waals surface area contributed by atoms with Gasteiger partial charge in [-0.05, 0) is 30.7 Å². The minimum absolute atomic E-state index is 0.190. The van der Waals surface area contributed by atoms with Crippen LogP contribution in [0, 0.1) is 11.6 Å². The predicted molar refractivity (Wildman–Crippen MR) is 77.9 cm³/mol. The zero-order valence-electron chi connectivity index (χ0n) is 11.0. The fourth-order valence-electron chi connectivity index (χ4n) is 1.76. The summed E-state index contributed by atoms with van der Waals surface area (Å²) in [5, 5.41) is -0.305. The standard InChI is InChI=1S/C16H14F2OS/c1-11(20-10-12-5-3-2-4-6-12)16(19)13-7-8-14(17)15(18)9-13/h2-9,11H,10H2,1H3. The number of thioether (sulfide) groups is 1. The van der Waals surface area contributed by atoms with E-state index in [1.54, 1.807) is 6.92 Å². The number of benzene rings is 2. The SMILES string of the molecule is CC(SCc1ccccc1)C(=O)c1ccc(F)c(F)c1. The molecule has 0 bridgehead atoms. The van der Waals surface area contributed by atoms with Crippen LogP contribution in [-0.2, 0) is 5.75 Å². The maximum atomic E-state index is 13.1. The minimum Gasteiger partial charge on any atom is -0.293 e. The topological polar surface area (TPSA) is 17.1 Å². The van der Waals surface area contributed by atoms with Crippen molar-refractivity contribution in [3.05, 3.63) is 71.3 Å². The summed E-state index contributed by atoms with van der Waals surface area (Å²) in [6.45, 7) is 1.78. The van der Waals surface area contributed by atoms with Crippen molar-refractivity contribution < 1.29 is 13.6 Å². The van der Waals surface area contributed by atoms with Crippen molar-refractivity contribution >= 4 is 17.5 Å². The Kier molecular flexibility index (Phi) is 4.90. The first-order valence-corrected chi connectivity index (χ1v) is 7.27. The molecular weight excluding hydrogens is 278 g/mol. The Labute approximate surface area is 121 Å². The van der Waals surface area contributed by atoms with Crippen LogP contribution in [0.2, 0.25) is 0 Å². The molecule has 0 saturated heterocycles. The first kappa shape index (κ1) is 14.7. The molecule has 0 aliphatic heterocycles. The monoisotopic (exact) mass is 292 g/mol. The number of rotatable bonds is 5. The first-order chi connectivity index (χ1) is 9.58. The van der Waals surface area contributed by atoms with Crippen molar-refractivity contribution in [2.45, 2.75) is 17.9 Å². The van der Waals surface area contributed by atoms with Crippen LogP contribution in [0.4, 0.5) is 8.78 Å². The van der Waals surface area contributed by atoms with E-state index in [1.807, 2.05) is 30.3 Å². The maximum absolute atomic E-state index is 13.1. The largest absolute Gasteiger partial charge is 0.293 e. The number of ketones is 1. The number of carbonyl (C=O) groups is 1. The number of hydrogen-bond acceptors (Lipinski definition) is 2. The molecule has 1 unspecified atom stereocenters. The summed E-state index contributed by atoms with van der Waals surface area (Å²) in [5.41, 5.74) is 1.33. The number of hydrogen-bond donors (Lipinski definition) is 0. The first-order valence-electron chi connectivity index (χ1n) is 6.22. The van der Waals surface area contributed by atoms with Gasteiger partial charge in [0.2, 0.25) is 0 Å². The van der Waals surface area contributed by atoms with Crippen LogP contribution >= 0.6 is 11.8 Å². The summed E-state index contributed by atoms with van der Waals surface area (Å²) in [6.07, 6.45) is 0. The molecule has 2 rings (SSSR count). The molecule has 2 aromatic carbocycles. The molecule has 104 valence electrons. The van der Waals surface area contributed by atoms with Gasteiger partial charge in [-0.3, -0.25) is 4.79 Å². The molecular formula is C16H14F2OS. The van der Waals surface area contributed by atoms with Gasteiger partial charge in [0, 0.05) is 11.3 Å². The molecule has 0 amide bonds. The summed E-state index contributed by atoms with van der Waals surface area (Å²) in [4.78, 5) is 12.1. The maximum Gasteiger partial charge on any atom is 0.175 e. The van der Waals surface area contributed by atoms with Crippen LogP contribution in [0.3, 0.4) is 0 Å². The fourth-order valence-corrected chi connectivity index (χ4v) is 2.68. The van der Waals surface area contributed by atoms with Crippen molar-refractivity contribution in [1.29, 1.82) is 0 Å². The molecule has 2 aromatic rings. The predicted octanol–water partition coefficient (Wildman–Crippen LogP) is 4.47. The molecule has 0 aliphatic rings. The molecule has 0 heterocycles. The molecule has 0 aliphatic carbocycles. The van der Waals surface area contributed by atoms with Crippen LogP contribution in [0.1, 0.15) is 22.8 Å². The van der Waals surface area contributed by atoms with E-state index >= 15 is 0 Å².